The van der Waals surface area contributed by atoms with Crippen LogP contribution in [0.3, 0.4) is 0 Å². The Kier molecular flexibility index (Phi) is 4.78. The molecule has 0 saturated carbocycles. The summed E-state index contributed by atoms with van der Waals surface area (Å²) in [6.07, 6.45) is 1.97. The van der Waals surface area contributed by atoms with Crippen molar-refractivity contribution in [2.45, 2.75) is 23.6 Å². The van der Waals surface area contributed by atoms with Crippen LogP contribution in [0.4, 0.5) is 10.7 Å². The smallest absolute Gasteiger partial charge is 0.305 e. The molecule has 0 amide bonds. The van der Waals surface area contributed by atoms with Crippen molar-refractivity contribution in [3.63, 3.8) is 0 Å². The molecule has 1 fully saturated rings. The Hall–Kier alpha value is -1.19. The Morgan fingerprint density at radius 1 is 1.50 bits per heavy atom. The van der Waals surface area contributed by atoms with Gasteiger partial charge in [-0.1, -0.05) is 18.3 Å². The Labute approximate surface area is 134 Å². The minimum atomic E-state index is -3.45. The molecule has 7 nitrogen and oxygen atoms in total. The zero-order valence-electron chi connectivity index (χ0n) is 13.1. The number of piperidine rings is 1. The van der Waals surface area contributed by atoms with E-state index in [2.05, 4.69) is 18.9 Å². The molecular weight excluding hydrogens is 326 g/mol. The number of nitrogens with zero attached hydrogens (tertiary/aromatic N) is 3. The van der Waals surface area contributed by atoms with Crippen molar-refractivity contribution in [1.29, 1.82) is 0 Å². The lowest BCUT2D eigenvalue weighted by atomic mass is 9.93. The lowest BCUT2D eigenvalue weighted by molar-refractivity contribution is -0.383. The van der Waals surface area contributed by atoms with Gasteiger partial charge in [0.2, 0.25) is 0 Å². The molecule has 0 N–H and O–H groups in total. The van der Waals surface area contributed by atoms with Gasteiger partial charge in [-0.15, -0.1) is 0 Å². The van der Waals surface area contributed by atoms with E-state index < -0.39 is 14.8 Å². The molecule has 1 aromatic rings. The van der Waals surface area contributed by atoms with Crippen LogP contribution in [0.5, 0.6) is 0 Å². The zero-order valence-corrected chi connectivity index (χ0v) is 14.8. The first kappa shape index (κ1) is 17.2. The highest BCUT2D eigenvalue weighted by Gasteiger charge is 2.33. The molecule has 1 saturated heterocycles. The SMILES string of the molecule is CC1CN(C)CCC1N(C)c1sc(S(C)(=O)=O)cc1[N+](=O)[O-]. The molecule has 1 aliphatic heterocycles. The van der Waals surface area contributed by atoms with Gasteiger partial charge in [0.1, 0.15) is 4.21 Å². The minimum Gasteiger partial charge on any atom is -0.357 e. The Morgan fingerprint density at radius 2 is 2.14 bits per heavy atom. The van der Waals surface area contributed by atoms with Gasteiger partial charge in [-0.05, 0) is 25.9 Å². The summed E-state index contributed by atoms with van der Waals surface area (Å²) in [6.45, 7) is 3.97. The molecule has 2 rings (SSSR count). The molecule has 1 aromatic heterocycles. The maximum Gasteiger partial charge on any atom is 0.305 e. The predicted molar refractivity (Wildman–Crippen MR) is 87.6 cm³/mol. The van der Waals surface area contributed by atoms with Gasteiger partial charge in [0, 0.05) is 32.0 Å². The van der Waals surface area contributed by atoms with Crippen molar-refractivity contribution in [3.05, 3.63) is 16.2 Å². The summed E-state index contributed by atoms with van der Waals surface area (Å²) in [7, 11) is 0.429. The van der Waals surface area contributed by atoms with Gasteiger partial charge in [-0.3, -0.25) is 10.1 Å². The molecule has 22 heavy (non-hydrogen) atoms. The lowest BCUT2D eigenvalue weighted by Crippen LogP contribution is -2.47. The van der Waals surface area contributed by atoms with Gasteiger partial charge in [0.05, 0.1) is 4.92 Å². The van der Waals surface area contributed by atoms with Crippen molar-refractivity contribution >= 4 is 31.9 Å². The molecule has 2 atom stereocenters. The molecule has 0 radical (unpaired) electrons. The second kappa shape index (κ2) is 6.13. The lowest BCUT2D eigenvalue weighted by Gasteiger charge is -2.40. The Bertz CT molecular complexity index is 671. The monoisotopic (exact) mass is 347 g/mol. The van der Waals surface area contributed by atoms with Crippen molar-refractivity contribution in [2.75, 3.05) is 38.3 Å². The van der Waals surface area contributed by atoms with E-state index in [1.165, 1.54) is 6.07 Å². The number of rotatable bonds is 4. The van der Waals surface area contributed by atoms with Crippen LogP contribution in [0.1, 0.15) is 13.3 Å². The first-order chi connectivity index (χ1) is 10.1. The largest absolute Gasteiger partial charge is 0.357 e. The third kappa shape index (κ3) is 3.41. The number of likely N-dealkylation sites (tertiary alicyclic amines) is 1. The summed E-state index contributed by atoms with van der Waals surface area (Å²) in [5.74, 6) is 0.354. The highest BCUT2D eigenvalue weighted by atomic mass is 32.2. The van der Waals surface area contributed by atoms with Crippen molar-refractivity contribution in [2.24, 2.45) is 5.92 Å². The molecule has 1 aliphatic rings. The maximum absolute atomic E-state index is 11.7. The van der Waals surface area contributed by atoms with Crippen LogP contribution < -0.4 is 4.90 Å². The molecule has 0 aromatic carbocycles. The molecule has 0 bridgehead atoms. The molecule has 0 spiro atoms. The standard InChI is InChI=1S/C13H21N3O4S2/c1-9-8-14(2)6-5-10(9)15(3)13-11(16(17)18)7-12(21-13)22(4,19)20/h7,9-10H,5-6,8H2,1-4H3. The van der Waals surface area contributed by atoms with Crippen molar-refractivity contribution < 1.29 is 13.3 Å². The van der Waals surface area contributed by atoms with Gasteiger partial charge >= 0.3 is 5.69 Å². The van der Waals surface area contributed by atoms with Gasteiger partial charge < -0.3 is 9.80 Å². The summed E-state index contributed by atoms with van der Waals surface area (Å²) in [5, 5.41) is 11.7. The first-order valence-corrected chi connectivity index (χ1v) is 9.71. The van der Waals surface area contributed by atoms with Crippen LogP contribution in [-0.4, -0.2) is 57.7 Å². The van der Waals surface area contributed by atoms with E-state index in [0.717, 1.165) is 37.1 Å². The normalized spacial score (nSPS) is 23.5. The number of hydrogen-bond acceptors (Lipinski definition) is 7. The fraction of sp³-hybridized carbons (Fsp3) is 0.692. The highest BCUT2D eigenvalue weighted by molar-refractivity contribution is 7.92. The van der Waals surface area contributed by atoms with E-state index in [1.807, 2.05) is 11.9 Å². The van der Waals surface area contributed by atoms with E-state index in [0.29, 0.717) is 10.9 Å². The minimum absolute atomic E-state index is 0.0432. The Balaban J connectivity index is 2.38. The number of sulfone groups is 1. The summed E-state index contributed by atoms with van der Waals surface area (Å²) in [6, 6.07) is 1.34. The van der Waals surface area contributed by atoms with E-state index in [4.69, 9.17) is 0 Å². The third-order valence-electron chi connectivity index (χ3n) is 4.11. The summed E-state index contributed by atoms with van der Waals surface area (Å²) < 4.78 is 23.4. The molecular formula is C13H21N3O4S2. The first-order valence-electron chi connectivity index (χ1n) is 7.01. The van der Waals surface area contributed by atoms with Gasteiger partial charge in [-0.25, -0.2) is 8.42 Å². The van der Waals surface area contributed by atoms with Gasteiger partial charge in [0.15, 0.2) is 14.8 Å². The predicted octanol–water partition coefficient (Wildman–Crippen LogP) is 1.84. The fourth-order valence-electron chi connectivity index (χ4n) is 2.98. The zero-order chi connectivity index (χ0) is 16.7. The number of hydrogen-bond donors (Lipinski definition) is 0. The maximum atomic E-state index is 11.7. The summed E-state index contributed by atoms with van der Waals surface area (Å²) in [5.41, 5.74) is -0.126. The van der Waals surface area contributed by atoms with E-state index in [1.54, 1.807) is 0 Å². The van der Waals surface area contributed by atoms with Crippen molar-refractivity contribution in [1.82, 2.24) is 4.90 Å². The highest BCUT2D eigenvalue weighted by Crippen LogP contribution is 2.41. The van der Waals surface area contributed by atoms with Gasteiger partial charge in [-0.2, -0.15) is 0 Å². The van der Waals surface area contributed by atoms with Crippen LogP contribution >= 0.6 is 11.3 Å². The quantitative estimate of drug-likeness (QED) is 0.610. The average molecular weight is 347 g/mol. The summed E-state index contributed by atoms with van der Waals surface area (Å²) in [4.78, 5) is 14.9. The number of thiophene rings is 1. The van der Waals surface area contributed by atoms with E-state index in [9.17, 15) is 18.5 Å². The van der Waals surface area contributed by atoms with Crippen LogP contribution in [0, 0.1) is 16.0 Å². The van der Waals surface area contributed by atoms with E-state index >= 15 is 0 Å². The Morgan fingerprint density at radius 3 is 2.64 bits per heavy atom. The van der Waals surface area contributed by atoms with Crippen molar-refractivity contribution in [3.8, 4) is 0 Å². The summed E-state index contributed by atoms with van der Waals surface area (Å²) >= 11 is 0.982. The number of anilines is 1. The van der Waals surface area contributed by atoms with Gasteiger partial charge in [0.25, 0.3) is 0 Å². The average Bonchev–Trinajstić information content (AvgIpc) is 2.82. The second-order valence-corrected chi connectivity index (χ2v) is 9.26. The van der Waals surface area contributed by atoms with E-state index in [-0.39, 0.29) is 15.9 Å². The van der Waals surface area contributed by atoms with Crippen LogP contribution in [0.25, 0.3) is 0 Å². The molecule has 9 heteroatoms. The van der Waals surface area contributed by atoms with Crippen LogP contribution in [0.15, 0.2) is 10.3 Å². The topological polar surface area (TPSA) is 83.8 Å². The molecule has 2 heterocycles. The molecule has 124 valence electrons. The number of nitro groups is 1. The second-order valence-electron chi connectivity index (χ2n) is 5.99. The van der Waals surface area contributed by atoms with Crippen LogP contribution in [-0.2, 0) is 9.84 Å². The fourth-order valence-corrected chi connectivity index (χ4v) is 5.03. The van der Waals surface area contributed by atoms with Crippen LogP contribution in [0.2, 0.25) is 0 Å². The third-order valence-corrected chi connectivity index (χ3v) is 7.13. The molecule has 2 unspecified atom stereocenters. The molecule has 0 aliphatic carbocycles.